The summed E-state index contributed by atoms with van der Waals surface area (Å²) < 4.78 is 16.6. The van der Waals surface area contributed by atoms with Crippen LogP contribution < -0.4 is 0 Å². The van der Waals surface area contributed by atoms with Gasteiger partial charge in [-0.15, -0.1) is 5.54 Å². The number of aliphatic hydroxyl groups excluding tert-OH is 1. The Labute approximate surface area is 182 Å². The van der Waals surface area contributed by atoms with Crippen molar-refractivity contribution in [1.82, 2.24) is 0 Å². The van der Waals surface area contributed by atoms with E-state index >= 15 is 0 Å². The Morgan fingerprint density at radius 2 is 1.73 bits per heavy atom. The SMILES string of the molecule is CCCCCCCCCC[C@H]1C[C@]2(O[C@H](OC)[C@@H](O)[C@@]2(O)C#C[Si](C)(C)C)C(=O)O1. The predicted octanol–water partition coefficient (Wildman–Crippen LogP) is 3.55. The molecular weight excluding hydrogens is 400 g/mol. The molecule has 2 fully saturated rings. The molecule has 7 heteroatoms. The maximum Gasteiger partial charge on any atom is 0.343 e. The van der Waals surface area contributed by atoms with Crippen molar-refractivity contribution in [2.75, 3.05) is 7.11 Å². The molecule has 2 saturated heterocycles. The summed E-state index contributed by atoms with van der Waals surface area (Å²) in [4.78, 5) is 12.9. The molecule has 0 amide bonds. The molecule has 0 bridgehead atoms. The monoisotopic (exact) mass is 440 g/mol. The van der Waals surface area contributed by atoms with Gasteiger partial charge in [0.15, 0.2) is 11.9 Å². The van der Waals surface area contributed by atoms with Crippen molar-refractivity contribution in [3.63, 3.8) is 0 Å². The van der Waals surface area contributed by atoms with Crippen molar-refractivity contribution < 1.29 is 29.2 Å². The average molecular weight is 441 g/mol. The van der Waals surface area contributed by atoms with Gasteiger partial charge in [0.25, 0.3) is 0 Å². The van der Waals surface area contributed by atoms with Crippen LogP contribution in [0.3, 0.4) is 0 Å². The quantitative estimate of drug-likeness (QED) is 0.234. The standard InChI is InChI=1S/C23H40O6Si/c1-6-7-8-9-10-11-12-13-14-18-17-23(21(25)28-18)22(26,15-16-30(3,4)5)19(24)20(27-2)29-23/h18-20,24,26H,6-14,17H2,1-5H3/t18-,19+,20-,22-,23-/m0/s1. The number of carbonyl (C=O) groups is 1. The van der Waals surface area contributed by atoms with E-state index in [9.17, 15) is 15.0 Å². The van der Waals surface area contributed by atoms with E-state index in [-0.39, 0.29) is 12.5 Å². The van der Waals surface area contributed by atoms with E-state index in [0.29, 0.717) is 0 Å². The van der Waals surface area contributed by atoms with E-state index in [1.54, 1.807) is 0 Å². The lowest BCUT2D eigenvalue weighted by molar-refractivity contribution is -0.191. The van der Waals surface area contributed by atoms with Gasteiger partial charge in [-0.2, -0.15) is 0 Å². The molecular formula is C23H40O6Si. The molecule has 0 aromatic heterocycles. The topological polar surface area (TPSA) is 85.2 Å². The first-order valence-corrected chi connectivity index (χ1v) is 15.0. The second-order valence-electron chi connectivity index (χ2n) is 9.76. The minimum Gasteiger partial charge on any atom is -0.460 e. The molecule has 2 aliphatic heterocycles. The molecule has 1 spiro atoms. The van der Waals surface area contributed by atoms with Crippen LogP contribution in [0.5, 0.6) is 0 Å². The molecule has 2 N–H and O–H groups in total. The lowest BCUT2D eigenvalue weighted by Gasteiger charge is -2.31. The predicted molar refractivity (Wildman–Crippen MR) is 118 cm³/mol. The molecule has 0 aromatic carbocycles. The van der Waals surface area contributed by atoms with Crippen molar-refractivity contribution >= 4 is 14.0 Å². The summed E-state index contributed by atoms with van der Waals surface area (Å²) in [7, 11) is -0.491. The maximum atomic E-state index is 12.9. The minimum atomic E-state index is -2.04. The fourth-order valence-corrected chi connectivity index (χ4v) is 4.76. The smallest absolute Gasteiger partial charge is 0.343 e. The number of hydrogen-bond acceptors (Lipinski definition) is 6. The van der Waals surface area contributed by atoms with Gasteiger partial charge in [-0.3, -0.25) is 0 Å². The Balaban J connectivity index is 2.00. The van der Waals surface area contributed by atoms with Crippen LogP contribution in [0, 0.1) is 11.5 Å². The molecule has 2 aliphatic rings. The Morgan fingerprint density at radius 3 is 2.30 bits per heavy atom. The lowest BCUT2D eigenvalue weighted by atomic mass is 9.79. The zero-order chi connectivity index (χ0) is 22.4. The summed E-state index contributed by atoms with van der Waals surface area (Å²) in [6, 6.07) is 0. The summed E-state index contributed by atoms with van der Waals surface area (Å²) >= 11 is 0. The summed E-state index contributed by atoms with van der Waals surface area (Å²) in [6.07, 6.45) is 7.59. The van der Waals surface area contributed by atoms with Gasteiger partial charge in [0.1, 0.15) is 20.3 Å². The molecule has 172 valence electrons. The van der Waals surface area contributed by atoms with Gasteiger partial charge in [0.2, 0.25) is 5.60 Å². The van der Waals surface area contributed by atoms with Gasteiger partial charge < -0.3 is 24.4 Å². The fourth-order valence-electron chi connectivity index (χ4n) is 4.19. The Kier molecular flexibility index (Phi) is 8.96. The second-order valence-corrected chi connectivity index (χ2v) is 14.5. The highest BCUT2D eigenvalue weighted by Gasteiger charge is 2.73. The van der Waals surface area contributed by atoms with Crippen LogP contribution in [0.25, 0.3) is 0 Å². The van der Waals surface area contributed by atoms with E-state index in [4.69, 9.17) is 14.2 Å². The number of cyclic esters (lactones) is 1. The highest BCUT2D eigenvalue weighted by atomic mass is 28.3. The van der Waals surface area contributed by atoms with Gasteiger partial charge in [-0.25, -0.2) is 4.79 Å². The second kappa shape index (κ2) is 10.6. The van der Waals surface area contributed by atoms with E-state index in [0.717, 1.165) is 19.3 Å². The average Bonchev–Trinajstić information content (AvgIpc) is 3.11. The first-order chi connectivity index (χ1) is 14.1. The van der Waals surface area contributed by atoms with Crippen LogP contribution >= 0.6 is 0 Å². The van der Waals surface area contributed by atoms with Gasteiger partial charge in [-0.1, -0.05) is 77.4 Å². The first kappa shape index (κ1) is 25.3. The summed E-state index contributed by atoms with van der Waals surface area (Å²) in [5.74, 6) is 2.15. The molecule has 0 radical (unpaired) electrons. The number of ether oxygens (including phenoxy) is 3. The molecule has 30 heavy (non-hydrogen) atoms. The number of methoxy groups -OCH3 is 1. The molecule has 2 rings (SSSR count). The van der Waals surface area contributed by atoms with Gasteiger partial charge in [0.05, 0.1) is 0 Å². The number of carbonyl (C=O) groups excluding carboxylic acids is 1. The molecule has 0 saturated carbocycles. The van der Waals surface area contributed by atoms with E-state index in [1.165, 1.54) is 45.6 Å². The third-order valence-electron chi connectivity index (χ3n) is 5.98. The van der Waals surface area contributed by atoms with Crippen LogP contribution in [-0.4, -0.2) is 61.1 Å². The fraction of sp³-hybridized carbons (Fsp3) is 0.870. The van der Waals surface area contributed by atoms with Gasteiger partial charge in [0, 0.05) is 13.5 Å². The van der Waals surface area contributed by atoms with Gasteiger partial charge in [-0.05, 0) is 12.8 Å². The molecule has 6 nitrogen and oxygen atoms in total. The first-order valence-electron chi connectivity index (χ1n) is 11.5. The molecule has 5 atom stereocenters. The van der Waals surface area contributed by atoms with Crippen LogP contribution in [0.4, 0.5) is 0 Å². The Morgan fingerprint density at radius 1 is 1.13 bits per heavy atom. The van der Waals surface area contributed by atoms with Gasteiger partial charge >= 0.3 is 5.97 Å². The highest BCUT2D eigenvalue weighted by molar-refractivity contribution is 6.83. The zero-order valence-electron chi connectivity index (χ0n) is 19.3. The summed E-state index contributed by atoms with van der Waals surface area (Å²) in [5, 5.41) is 22.0. The van der Waals surface area contributed by atoms with Crippen LogP contribution in [-0.2, 0) is 19.0 Å². The van der Waals surface area contributed by atoms with Crippen molar-refractivity contribution in [2.24, 2.45) is 0 Å². The molecule has 0 aliphatic carbocycles. The largest absolute Gasteiger partial charge is 0.460 e. The molecule has 0 aromatic rings. The summed E-state index contributed by atoms with van der Waals surface area (Å²) in [6.45, 7) is 8.31. The third kappa shape index (κ3) is 5.66. The van der Waals surface area contributed by atoms with Crippen molar-refractivity contribution in [3.8, 4) is 11.5 Å². The lowest BCUT2D eigenvalue weighted by Crippen LogP contribution is -2.58. The van der Waals surface area contributed by atoms with E-state index in [2.05, 4.69) is 18.4 Å². The van der Waals surface area contributed by atoms with Crippen molar-refractivity contribution in [1.29, 1.82) is 0 Å². The zero-order valence-corrected chi connectivity index (χ0v) is 20.3. The number of unbranched alkanes of at least 4 members (excludes halogenated alkanes) is 7. The van der Waals surface area contributed by atoms with Crippen LogP contribution in [0.15, 0.2) is 0 Å². The highest BCUT2D eigenvalue weighted by Crippen LogP contribution is 2.48. The van der Waals surface area contributed by atoms with Crippen molar-refractivity contribution in [2.45, 2.75) is 120 Å². The number of aliphatic hydroxyl groups is 2. The Hall–Kier alpha value is -0.913. The molecule has 0 unspecified atom stereocenters. The Bertz CT molecular complexity index is 636. The normalized spacial score (nSPS) is 33.6. The van der Waals surface area contributed by atoms with Crippen molar-refractivity contribution in [3.05, 3.63) is 0 Å². The third-order valence-corrected chi connectivity index (χ3v) is 6.85. The van der Waals surface area contributed by atoms with E-state index < -0.39 is 37.6 Å². The van der Waals surface area contributed by atoms with E-state index in [1.807, 2.05) is 19.6 Å². The summed E-state index contributed by atoms with van der Waals surface area (Å²) in [5.41, 5.74) is -0.664. The van der Waals surface area contributed by atoms with Crippen LogP contribution in [0.2, 0.25) is 19.6 Å². The maximum absolute atomic E-state index is 12.9. The molecule has 2 heterocycles. The number of esters is 1. The van der Waals surface area contributed by atoms with Crippen LogP contribution in [0.1, 0.15) is 71.1 Å². The number of rotatable bonds is 10. The number of hydrogen-bond donors (Lipinski definition) is 2. The minimum absolute atomic E-state index is 0.177.